The number of nitrogen functional groups attached to an aromatic ring is 1. The summed E-state index contributed by atoms with van der Waals surface area (Å²) in [6.07, 6.45) is 4.02. The molecular formula is C15H26N2O3S. The van der Waals surface area contributed by atoms with Gasteiger partial charge < -0.3 is 10.8 Å². The Balaban J connectivity index is 2.72. The van der Waals surface area contributed by atoms with Crippen molar-refractivity contribution in [3.63, 3.8) is 0 Å². The van der Waals surface area contributed by atoms with Crippen LogP contribution in [-0.4, -0.2) is 37.5 Å². The molecule has 0 saturated carbocycles. The summed E-state index contributed by atoms with van der Waals surface area (Å²) >= 11 is 0. The monoisotopic (exact) mass is 314 g/mol. The van der Waals surface area contributed by atoms with Crippen LogP contribution in [-0.2, 0) is 15.8 Å². The van der Waals surface area contributed by atoms with E-state index in [4.69, 9.17) is 10.8 Å². The summed E-state index contributed by atoms with van der Waals surface area (Å²) in [6, 6.07) is 6.98. The van der Waals surface area contributed by atoms with E-state index in [2.05, 4.69) is 6.92 Å². The van der Waals surface area contributed by atoms with Gasteiger partial charge in [-0.05, 0) is 18.1 Å². The largest absolute Gasteiger partial charge is 0.398 e. The van der Waals surface area contributed by atoms with Gasteiger partial charge in [0.2, 0.25) is 10.0 Å². The van der Waals surface area contributed by atoms with Gasteiger partial charge >= 0.3 is 0 Å². The summed E-state index contributed by atoms with van der Waals surface area (Å²) in [5, 5.41) is 9.09. The molecule has 0 bridgehead atoms. The summed E-state index contributed by atoms with van der Waals surface area (Å²) in [4.78, 5) is 0. The van der Waals surface area contributed by atoms with Crippen LogP contribution in [0.3, 0.4) is 0 Å². The number of nitrogens with two attached hydrogens (primary N) is 1. The van der Waals surface area contributed by atoms with Crippen molar-refractivity contribution in [1.29, 1.82) is 0 Å². The zero-order chi connectivity index (χ0) is 15.7. The lowest BCUT2D eigenvalue weighted by Gasteiger charge is -2.21. The fraction of sp³-hybridized carbons (Fsp3) is 0.600. The number of hydrogen-bond donors (Lipinski definition) is 2. The van der Waals surface area contributed by atoms with Crippen molar-refractivity contribution in [3.05, 3.63) is 29.8 Å². The minimum Gasteiger partial charge on any atom is -0.398 e. The van der Waals surface area contributed by atoms with Crippen LogP contribution >= 0.6 is 0 Å². The Bertz CT molecular complexity index is 517. The van der Waals surface area contributed by atoms with Crippen molar-refractivity contribution in [2.45, 2.75) is 38.4 Å². The molecule has 1 rings (SSSR count). The summed E-state index contributed by atoms with van der Waals surface area (Å²) in [5.41, 5.74) is 6.90. The molecule has 0 amide bonds. The van der Waals surface area contributed by atoms with Gasteiger partial charge in [-0.1, -0.05) is 44.4 Å². The molecule has 0 aliphatic heterocycles. The second-order valence-electron chi connectivity index (χ2n) is 5.14. The quantitative estimate of drug-likeness (QED) is 0.511. The molecule has 0 atom stereocenters. The summed E-state index contributed by atoms with van der Waals surface area (Å²) in [6.45, 7) is 2.54. The molecule has 6 heteroatoms. The van der Waals surface area contributed by atoms with Crippen molar-refractivity contribution in [2.75, 3.05) is 25.4 Å². The molecule has 5 nitrogen and oxygen atoms in total. The highest BCUT2D eigenvalue weighted by molar-refractivity contribution is 7.88. The van der Waals surface area contributed by atoms with E-state index in [1.807, 2.05) is 0 Å². The van der Waals surface area contributed by atoms with Crippen molar-refractivity contribution in [2.24, 2.45) is 0 Å². The second-order valence-corrected chi connectivity index (χ2v) is 7.11. The number of sulfonamides is 1. The fourth-order valence-corrected chi connectivity index (χ4v) is 3.78. The predicted octanol–water partition coefficient (Wildman–Crippen LogP) is 1.97. The van der Waals surface area contributed by atoms with Gasteiger partial charge in [-0.2, -0.15) is 4.31 Å². The Labute approximate surface area is 127 Å². The lowest BCUT2D eigenvalue weighted by molar-refractivity contribution is 0.251. The third-order valence-corrected chi connectivity index (χ3v) is 5.22. The van der Waals surface area contributed by atoms with Gasteiger partial charge in [-0.3, -0.25) is 0 Å². The number of unbranched alkanes of at least 4 members (excludes halogenated alkanes) is 3. The van der Waals surface area contributed by atoms with Gasteiger partial charge in [0.05, 0.1) is 12.4 Å². The predicted molar refractivity (Wildman–Crippen MR) is 86.3 cm³/mol. The Hall–Kier alpha value is -1.11. The minimum atomic E-state index is -3.45. The summed E-state index contributed by atoms with van der Waals surface area (Å²) in [7, 11) is -3.45. The maximum Gasteiger partial charge on any atom is 0.218 e. The molecule has 0 spiro atoms. The highest BCUT2D eigenvalue weighted by atomic mass is 32.2. The van der Waals surface area contributed by atoms with Crippen molar-refractivity contribution in [1.82, 2.24) is 4.31 Å². The van der Waals surface area contributed by atoms with Gasteiger partial charge in [-0.25, -0.2) is 8.42 Å². The van der Waals surface area contributed by atoms with E-state index in [0.29, 0.717) is 17.8 Å². The molecule has 0 aromatic heterocycles. The molecular weight excluding hydrogens is 288 g/mol. The number of hydrogen-bond acceptors (Lipinski definition) is 4. The van der Waals surface area contributed by atoms with Crippen molar-refractivity contribution >= 4 is 15.7 Å². The van der Waals surface area contributed by atoms with Gasteiger partial charge in [0.25, 0.3) is 0 Å². The first kappa shape index (κ1) is 17.9. The number of anilines is 1. The van der Waals surface area contributed by atoms with Crippen LogP contribution in [0.1, 0.15) is 38.2 Å². The first-order chi connectivity index (χ1) is 10.0. The molecule has 21 heavy (non-hydrogen) atoms. The van der Waals surface area contributed by atoms with Crippen LogP contribution in [0.4, 0.5) is 5.69 Å². The topological polar surface area (TPSA) is 83.6 Å². The first-order valence-corrected chi connectivity index (χ1v) is 9.04. The standard InChI is InChI=1S/C15H26N2O3S/c1-2-3-4-7-10-17(11-12-18)21(19,20)13-14-8-5-6-9-15(14)16/h5-6,8-9,18H,2-4,7,10-13,16H2,1H3. The zero-order valence-electron chi connectivity index (χ0n) is 12.7. The van der Waals surface area contributed by atoms with E-state index in [0.717, 1.165) is 25.7 Å². The average molecular weight is 314 g/mol. The molecule has 0 unspecified atom stereocenters. The first-order valence-electron chi connectivity index (χ1n) is 7.43. The molecule has 120 valence electrons. The van der Waals surface area contributed by atoms with E-state index < -0.39 is 10.0 Å². The lowest BCUT2D eigenvalue weighted by atomic mass is 10.2. The second kappa shape index (κ2) is 9.02. The van der Waals surface area contributed by atoms with Gasteiger partial charge in [-0.15, -0.1) is 0 Å². The highest BCUT2D eigenvalue weighted by Crippen LogP contribution is 2.17. The summed E-state index contributed by atoms with van der Waals surface area (Å²) < 4.78 is 26.3. The number of aliphatic hydroxyl groups excluding tert-OH is 1. The van der Waals surface area contributed by atoms with Crippen LogP contribution in [0.5, 0.6) is 0 Å². The Morgan fingerprint density at radius 3 is 2.48 bits per heavy atom. The van der Waals surface area contributed by atoms with E-state index in [-0.39, 0.29) is 18.9 Å². The van der Waals surface area contributed by atoms with Gasteiger partial charge in [0, 0.05) is 18.8 Å². The molecule has 0 aliphatic carbocycles. The number of para-hydroxylation sites is 1. The number of nitrogens with zero attached hydrogens (tertiary/aromatic N) is 1. The Morgan fingerprint density at radius 2 is 1.86 bits per heavy atom. The van der Waals surface area contributed by atoms with E-state index in [9.17, 15) is 8.42 Å². The molecule has 1 aromatic rings. The molecule has 0 saturated heterocycles. The van der Waals surface area contributed by atoms with Crippen molar-refractivity contribution < 1.29 is 13.5 Å². The molecule has 0 aliphatic rings. The van der Waals surface area contributed by atoms with Gasteiger partial charge in [0.15, 0.2) is 0 Å². The molecule has 0 heterocycles. The third-order valence-electron chi connectivity index (χ3n) is 3.40. The molecule has 1 aromatic carbocycles. The SMILES string of the molecule is CCCCCCN(CCO)S(=O)(=O)Cc1ccccc1N. The average Bonchev–Trinajstić information content (AvgIpc) is 2.44. The van der Waals surface area contributed by atoms with E-state index in [1.165, 1.54) is 4.31 Å². The summed E-state index contributed by atoms with van der Waals surface area (Å²) in [5.74, 6) is -0.118. The Morgan fingerprint density at radius 1 is 1.14 bits per heavy atom. The van der Waals surface area contributed by atoms with Crippen molar-refractivity contribution in [3.8, 4) is 0 Å². The lowest BCUT2D eigenvalue weighted by Crippen LogP contribution is -2.35. The normalized spacial score (nSPS) is 12.0. The van der Waals surface area contributed by atoms with Crippen LogP contribution in [0, 0.1) is 0 Å². The third kappa shape index (κ3) is 6.03. The molecule has 0 fully saturated rings. The number of aliphatic hydroxyl groups is 1. The smallest absolute Gasteiger partial charge is 0.218 e. The van der Waals surface area contributed by atoms with Crippen LogP contribution < -0.4 is 5.73 Å². The van der Waals surface area contributed by atoms with Crippen LogP contribution in [0.2, 0.25) is 0 Å². The van der Waals surface area contributed by atoms with E-state index >= 15 is 0 Å². The molecule has 3 N–H and O–H groups in total. The number of benzene rings is 1. The zero-order valence-corrected chi connectivity index (χ0v) is 13.5. The van der Waals surface area contributed by atoms with Crippen LogP contribution in [0.25, 0.3) is 0 Å². The van der Waals surface area contributed by atoms with E-state index in [1.54, 1.807) is 24.3 Å². The maximum atomic E-state index is 12.5. The minimum absolute atomic E-state index is 0.118. The molecule has 0 radical (unpaired) electrons. The number of rotatable bonds is 10. The fourth-order valence-electron chi connectivity index (χ4n) is 2.17. The highest BCUT2D eigenvalue weighted by Gasteiger charge is 2.22. The van der Waals surface area contributed by atoms with Gasteiger partial charge in [0.1, 0.15) is 0 Å². The maximum absolute atomic E-state index is 12.5. The van der Waals surface area contributed by atoms with Crippen LogP contribution in [0.15, 0.2) is 24.3 Å². The Kier molecular flexibility index (Phi) is 7.71.